The number of benzene rings is 2. The zero-order valence-electron chi connectivity index (χ0n) is 14.9. The molecule has 0 bridgehead atoms. The van der Waals surface area contributed by atoms with Crippen LogP contribution < -0.4 is 5.32 Å². The van der Waals surface area contributed by atoms with Gasteiger partial charge in [-0.1, -0.05) is 68.8 Å². The summed E-state index contributed by atoms with van der Waals surface area (Å²) in [4.78, 5) is 25.0. The highest BCUT2D eigenvalue weighted by molar-refractivity contribution is 5.95. The maximum absolute atomic E-state index is 12.7. The maximum atomic E-state index is 12.7. The van der Waals surface area contributed by atoms with Gasteiger partial charge in [0, 0.05) is 5.69 Å². The molecule has 0 spiro atoms. The second-order valence-electron chi connectivity index (χ2n) is 6.21. The van der Waals surface area contributed by atoms with E-state index < -0.39 is 6.10 Å². The minimum atomic E-state index is -0.858. The molecule has 2 aromatic carbocycles. The summed E-state index contributed by atoms with van der Waals surface area (Å²) in [6, 6.07) is 18.7. The van der Waals surface area contributed by atoms with Crippen LogP contribution in [-0.2, 0) is 14.3 Å². The molecule has 0 aliphatic rings. The first-order chi connectivity index (χ1) is 12.0. The predicted molar refractivity (Wildman–Crippen MR) is 99.3 cm³/mol. The van der Waals surface area contributed by atoms with Gasteiger partial charge in [0.25, 0.3) is 5.91 Å². The monoisotopic (exact) mass is 339 g/mol. The number of carbonyl (C=O) groups excluding carboxylic acids is 2. The Hall–Kier alpha value is -2.62. The van der Waals surface area contributed by atoms with Gasteiger partial charge in [-0.15, -0.1) is 0 Å². The number of para-hydroxylation sites is 1. The van der Waals surface area contributed by atoms with Gasteiger partial charge in [-0.25, -0.2) is 0 Å². The second-order valence-corrected chi connectivity index (χ2v) is 6.21. The number of nitrogens with one attached hydrogen (secondary N) is 1. The molecule has 4 heteroatoms. The number of esters is 1. The molecule has 4 nitrogen and oxygen atoms in total. The molecule has 2 aromatic rings. The molecule has 25 heavy (non-hydrogen) atoms. The number of ether oxygens (including phenoxy) is 1. The Balaban J connectivity index is 2.05. The predicted octanol–water partition coefficient (Wildman–Crippen LogP) is 4.39. The van der Waals surface area contributed by atoms with E-state index in [-0.39, 0.29) is 23.7 Å². The van der Waals surface area contributed by atoms with Gasteiger partial charge in [0.1, 0.15) is 0 Å². The lowest BCUT2D eigenvalue weighted by molar-refractivity contribution is -0.155. The van der Waals surface area contributed by atoms with Crippen molar-refractivity contribution in [3.63, 3.8) is 0 Å². The molecule has 0 fully saturated rings. The minimum absolute atomic E-state index is 0.124. The van der Waals surface area contributed by atoms with Crippen LogP contribution in [0.2, 0.25) is 0 Å². The summed E-state index contributed by atoms with van der Waals surface area (Å²) in [7, 11) is 0. The summed E-state index contributed by atoms with van der Waals surface area (Å²) < 4.78 is 5.47. The van der Waals surface area contributed by atoms with Gasteiger partial charge in [-0.3, -0.25) is 9.59 Å². The molecule has 0 aromatic heterocycles. The van der Waals surface area contributed by atoms with Crippen LogP contribution in [0.25, 0.3) is 0 Å². The van der Waals surface area contributed by atoms with Crippen molar-refractivity contribution in [2.75, 3.05) is 5.32 Å². The number of rotatable bonds is 7. The van der Waals surface area contributed by atoms with Crippen molar-refractivity contribution in [3.8, 4) is 0 Å². The Morgan fingerprint density at radius 1 is 0.960 bits per heavy atom. The molecule has 0 aliphatic carbocycles. The molecule has 0 aliphatic heterocycles. The fourth-order valence-corrected chi connectivity index (χ4v) is 2.66. The van der Waals surface area contributed by atoms with Crippen LogP contribution in [0.4, 0.5) is 5.69 Å². The van der Waals surface area contributed by atoms with Crippen molar-refractivity contribution in [2.24, 2.45) is 5.92 Å². The van der Waals surface area contributed by atoms with Gasteiger partial charge in [0.2, 0.25) is 0 Å². The van der Waals surface area contributed by atoms with Crippen molar-refractivity contribution in [2.45, 2.75) is 39.2 Å². The lowest BCUT2D eigenvalue weighted by atomic mass is 9.85. The highest BCUT2D eigenvalue weighted by atomic mass is 16.5. The number of hydrogen-bond acceptors (Lipinski definition) is 3. The molecule has 132 valence electrons. The Kier molecular flexibility index (Phi) is 6.75. The topological polar surface area (TPSA) is 55.4 Å². The fraction of sp³-hybridized carbons (Fsp3) is 0.333. The van der Waals surface area contributed by atoms with E-state index in [2.05, 4.69) is 5.32 Å². The summed E-state index contributed by atoms with van der Waals surface area (Å²) in [6.45, 7) is 5.65. The van der Waals surface area contributed by atoms with Crippen LogP contribution in [0.3, 0.4) is 0 Å². The molecule has 3 atom stereocenters. The molecule has 1 amide bonds. The highest BCUT2D eigenvalue weighted by Crippen LogP contribution is 2.28. The van der Waals surface area contributed by atoms with Gasteiger partial charge in [0.05, 0.1) is 5.92 Å². The number of carbonyl (C=O) groups is 2. The summed E-state index contributed by atoms with van der Waals surface area (Å²) >= 11 is 0. The van der Waals surface area contributed by atoms with E-state index >= 15 is 0 Å². The minimum Gasteiger partial charge on any atom is -0.452 e. The average Bonchev–Trinajstić information content (AvgIpc) is 2.63. The van der Waals surface area contributed by atoms with E-state index in [4.69, 9.17) is 4.74 Å². The maximum Gasteiger partial charge on any atom is 0.314 e. The fourth-order valence-electron chi connectivity index (χ4n) is 2.66. The van der Waals surface area contributed by atoms with Crippen molar-refractivity contribution < 1.29 is 14.3 Å². The molecule has 0 saturated carbocycles. The molecular weight excluding hydrogens is 314 g/mol. The summed E-state index contributed by atoms with van der Waals surface area (Å²) in [6.07, 6.45) is -0.0119. The van der Waals surface area contributed by atoms with Crippen LogP contribution in [0.15, 0.2) is 60.7 Å². The highest BCUT2D eigenvalue weighted by Gasteiger charge is 2.30. The first kappa shape index (κ1) is 18.7. The molecule has 0 unspecified atom stereocenters. The van der Waals surface area contributed by atoms with Gasteiger partial charge in [-0.05, 0) is 30.5 Å². The summed E-state index contributed by atoms with van der Waals surface area (Å²) in [5.74, 6) is -0.954. The Morgan fingerprint density at radius 2 is 1.52 bits per heavy atom. The Morgan fingerprint density at radius 3 is 2.08 bits per heavy atom. The van der Waals surface area contributed by atoms with Crippen LogP contribution in [0, 0.1) is 5.92 Å². The summed E-state index contributed by atoms with van der Waals surface area (Å²) in [5, 5.41) is 2.75. The molecule has 1 N–H and O–H groups in total. The SMILES string of the molecule is CC[C@H](C)[C@H](C(=O)O[C@@H](C)C(=O)Nc1ccccc1)c1ccccc1. The number of hydrogen-bond donors (Lipinski definition) is 1. The molecule has 0 heterocycles. The van der Waals surface area contributed by atoms with E-state index in [0.717, 1.165) is 12.0 Å². The van der Waals surface area contributed by atoms with E-state index in [0.29, 0.717) is 5.69 Å². The Labute approximate surface area is 149 Å². The van der Waals surface area contributed by atoms with Crippen molar-refractivity contribution >= 4 is 17.6 Å². The molecular formula is C21H25NO3. The van der Waals surface area contributed by atoms with E-state index in [9.17, 15) is 9.59 Å². The quantitative estimate of drug-likeness (QED) is 0.761. The first-order valence-electron chi connectivity index (χ1n) is 8.64. The lowest BCUT2D eigenvalue weighted by Crippen LogP contribution is -2.33. The first-order valence-corrected chi connectivity index (χ1v) is 8.64. The number of anilines is 1. The summed E-state index contributed by atoms with van der Waals surface area (Å²) in [5.41, 5.74) is 1.59. The Bertz CT molecular complexity index is 685. The third kappa shape index (κ3) is 5.18. The van der Waals surface area contributed by atoms with Crippen LogP contribution in [0.1, 0.15) is 38.7 Å². The van der Waals surface area contributed by atoms with Gasteiger partial charge in [0.15, 0.2) is 6.10 Å². The molecule has 0 radical (unpaired) electrons. The van der Waals surface area contributed by atoms with Crippen molar-refractivity contribution in [3.05, 3.63) is 66.2 Å². The lowest BCUT2D eigenvalue weighted by Gasteiger charge is -2.23. The van der Waals surface area contributed by atoms with Gasteiger partial charge >= 0.3 is 5.97 Å². The van der Waals surface area contributed by atoms with E-state index in [1.807, 2.05) is 62.4 Å². The smallest absolute Gasteiger partial charge is 0.314 e. The second kappa shape index (κ2) is 9.02. The van der Waals surface area contributed by atoms with E-state index in [1.54, 1.807) is 19.1 Å². The third-order valence-corrected chi connectivity index (χ3v) is 4.33. The zero-order valence-corrected chi connectivity index (χ0v) is 14.9. The van der Waals surface area contributed by atoms with Crippen LogP contribution in [-0.4, -0.2) is 18.0 Å². The standard InChI is InChI=1S/C21H25NO3/c1-4-15(2)19(17-11-7-5-8-12-17)21(24)25-16(3)20(23)22-18-13-9-6-10-14-18/h5-16,19H,4H2,1-3H3,(H,22,23)/t15-,16-,19-/m0/s1. The third-order valence-electron chi connectivity index (χ3n) is 4.33. The molecule has 0 saturated heterocycles. The van der Waals surface area contributed by atoms with Crippen molar-refractivity contribution in [1.82, 2.24) is 0 Å². The van der Waals surface area contributed by atoms with Crippen molar-refractivity contribution in [1.29, 1.82) is 0 Å². The average molecular weight is 339 g/mol. The zero-order chi connectivity index (χ0) is 18.2. The largest absolute Gasteiger partial charge is 0.452 e. The van der Waals surface area contributed by atoms with E-state index in [1.165, 1.54) is 0 Å². The van der Waals surface area contributed by atoms with Crippen LogP contribution in [0.5, 0.6) is 0 Å². The number of amides is 1. The van der Waals surface area contributed by atoms with Crippen LogP contribution >= 0.6 is 0 Å². The molecule has 2 rings (SSSR count). The van der Waals surface area contributed by atoms with Gasteiger partial charge in [-0.2, -0.15) is 0 Å². The normalized spacial score (nSPS) is 14.2. The van der Waals surface area contributed by atoms with Gasteiger partial charge < -0.3 is 10.1 Å².